The molecule has 0 saturated carbocycles. The summed E-state index contributed by atoms with van der Waals surface area (Å²) in [7, 11) is 0. The number of aliphatic imine (C=N–C) groups is 2. The standard InChI is InChI=1S/C49H32N4O2/c1-4-15-31(16-5-1)47-50-48(32-17-6-2-7-18-32)52-49(51-47)39-24-14-26-43-45(39)40-30-41(35-21-10-11-23-38(35)46(40)55-43)53(33-19-8-3-9-20-33)34-27-28-37-36-22-12-13-25-42(36)54-44(37)29-34/h1-30,47H,(H,50,51,52). The van der Waals surface area contributed by atoms with Crippen molar-refractivity contribution in [1.82, 2.24) is 5.32 Å². The van der Waals surface area contributed by atoms with E-state index in [2.05, 4.69) is 125 Å². The van der Waals surface area contributed by atoms with Crippen molar-refractivity contribution in [3.8, 4) is 0 Å². The monoisotopic (exact) mass is 708 g/mol. The van der Waals surface area contributed by atoms with Crippen molar-refractivity contribution >= 4 is 83.4 Å². The Kier molecular flexibility index (Phi) is 7.13. The van der Waals surface area contributed by atoms with Gasteiger partial charge in [-0.3, -0.25) is 0 Å². The fourth-order valence-electron chi connectivity index (χ4n) is 7.98. The summed E-state index contributed by atoms with van der Waals surface area (Å²) in [6.07, 6.45) is -0.324. The van der Waals surface area contributed by atoms with Crippen LogP contribution in [-0.4, -0.2) is 11.7 Å². The van der Waals surface area contributed by atoms with Crippen LogP contribution in [0.2, 0.25) is 0 Å². The van der Waals surface area contributed by atoms with Crippen molar-refractivity contribution in [2.75, 3.05) is 4.90 Å². The van der Waals surface area contributed by atoms with Gasteiger partial charge < -0.3 is 19.1 Å². The number of benzene rings is 8. The van der Waals surface area contributed by atoms with E-state index in [0.29, 0.717) is 5.84 Å². The molecular weight excluding hydrogens is 677 g/mol. The molecule has 10 aromatic rings. The summed E-state index contributed by atoms with van der Waals surface area (Å²) < 4.78 is 13.2. The highest BCUT2D eigenvalue weighted by molar-refractivity contribution is 6.26. The van der Waals surface area contributed by atoms with E-state index < -0.39 is 0 Å². The van der Waals surface area contributed by atoms with Gasteiger partial charge in [0.1, 0.15) is 34.3 Å². The SMILES string of the molecule is c1ccc(C2=NC(c3cccc4oc5c6ccccc6c(N(c6ccccc6)c6ccc7c(c6)oc6ccccc67)cc5c34)=NC(c3ccccc3)N2)cc1. The maximum Gasteiger partial charge on any atom is 0.160 e. The molecule has 55 heavy (non-hydrogen) atoms. The van der Waals surface area contributed by atoms with E-state index in [9.17, 15) is 0 Å². The Bertz CT molecular complexity index is 3130. The molecule has 0 saturated heterocycles. The van der Waals surface area contributed by atoms with Gasteiger partial charge >= 0.3 is 0 Å². The number of anilines is 3. The summed E-state index contributed by atoms with van der Waals surface area (Å²) in [4.78, 5) is 12.8. The highest BCUT2D eigenvalue weighted by Crippen LogP contribution is 2.46. The fraction of sp³-hybridized carbons (Fsp3) is 0.0204. The lowest BCUT2D eigenvalue weighted by molar-refractivity contribution is 0.669. The lowest BCUT2D eigenvalue weighted by Gasteiger charge is -2.27. The van der Waals surface area contributed by atoms with Crippen molar-refractivity contribution in [3.63, 3.8) is 0 Å². The van der Waals surface area contributed by atoms with Crippen molar-refractivity contribution in [1.29, 1.82) is 0 Å². The minimum atomic E-state index is -0.324. The number of para-hydroxylation sites is 2. The van der Waals surface area contributed by atoms with Crippen LogP contribution in [0.1, 0.15) is 22.9 Å². The molecule has 0 amide bonds. The number of furan rings is 2. The molecule has 0 aliphatic carbocycles. The fourth-order valence-corrected chi connectivity index (χ4v) is 7.98. The summed E-state index contributed by atoms with van der Waals surface area (Å²) in [5.41, 5.74) is 9.30. The highest BCUT2D eigenvalue weighted by Gasteiger charge is 2.26. The quantitative estimate of drug-likeness (QED) is 0.187. The normalized spacial score (nSPS) is 14.4. The first kappa shape index (κ1) is 31.1. The molecule has 0 bridgehead atoms. The van der Waals surface area contributed by atoms with E-state index >= 15 is 0 Å². The lowest BCUT2D eigenvalue weighted by atomic mass is 9.99. The first-order valence-corrected chi connectivity index (χ1v) is 18.4. The second kappa shape index (κ2) is 12.6. The molecule has 6 heteroatoms. The van der Waals surface area contributed by atoms with Crippen molar-refractivity contribution in [2.45, 2.75) is 6.17 Å². The molecule has 3 heterocycles. The zero-order chi connectivity index (χ0) is 36.3. The molecule has 0 spiro atoms. The molecule has 1 aliphatic rings. The van der Waals surface area contributed by atoms with E-state index in [1.54, 1.807) is 0 Å². The number of nitrogens with zero attached hydrogens (tertiary/aromatic N) is 3. The van der Waals surface area contributed by atoms with E-state index in [1.165, 1.54) is 0 Å². The van der Waals surface area contributed by atoms with Crippen LogP contribution in [0.15, 0.2) is 201 Å². The summed E-state index contributed by atoms with van der Waals surface area (Å²) in [6.45, 7) is 0. The Morgan fingerprint density at radius 2 is 1.16 bits per heavy atom. The number of amidine groups is 2. The summed E-state index contributed by atoms with van der Waals surface area (Å²) >= 11 is 0. The molecule has 1 aliphatic heterocycles. The van der Waals surface area contributed by atoms with Gasteiger partial charge in [0, 0.05) is 60.9 Å². The maximum absolute atomic E-state index is 6.81. The second-order valence-corrected chi connectivity index (χ2v) is 13.8. The van der Waals surface area contributed by atoms with Crippen LogP contribution in [0, 0.1) is 0 Å². The van der Waals surface area contributed by atoms with Gasteiger partial charge in [-0.1, -0.05) is 133 Å². The average Bonchev–Trinajstić information content (AvgIpc) is 3.83. The van der Waals surface area contributed by atoms with Crippen LogP contribution in [0.25, 0.3) is 54.6 Å². The van der Waals surface area contributed by atoms with Gasteiger partial charge in [-0.25, -0.2) is 9.98 Å². The predicted octanol–water partition coefficient (Wildman–Crippen LogP) is 12.6. The van der Waals surface area contributed by atoms with Crippen molar-refractivity contribution in [3.05, 3.63) is 199 Å². The average molecular weight is 709 g/mol. The molecule has 0 fully saturated rings. The number of hydrogen-bond donors (Lipinski definition) is 1. The first-order chi connectivity index (χ1) is 27.3. The van der Waals surface area contributed by atoms with Crippen LogP contribution >= 0.6 is 0 Å². The number of rotatable bonds is 6. The molecule has 1 N–H and O–H groups in total. The second-order valence-electron chi connectivity index (χ2n) is 13.8. The van der Waals surface area contributed by atoms with Gasteiger partial charge in [-0.15, -0.1) is 0 Å². The van der Waals surface area contributed by atoms with Crippen LogP contribution in [0.3, 0.4) is 0 Å². The third-order valence-corrected chi connectivity index (χ3v) is 10.5. The van der Waals surface area contributed by atoms with Gasteiger partial charge in [-0.2, -0.15) is 0 Å². The smallest absolute Gasteiger partial charge is 0.160 e. The van der Waals surface area contributed by atoms with E-state index in [-0.39, 0.29) is 6.17 Å². The Hall–Kier alpha value is -7.44. The number of hydrogen-bond acceptors (Lipinski definition) is 6. The van der Waals surface area contributed by atoms with Crippen LogP contribution in [0.4, 0.5) is 17.1 Å². The molecule has 11 rings (SSSR count). The number of nitrogens with one attached hydrogen (secondary N) is 1. The third-order valence-electron chi connectivity index (χ3n) is 10.5. The third kappa shape index (κ3) is 5.18. The van der Waals surface area contributed by atoms with Gasteiger partial charge in [0.25, 0.3) is 0 Å². The molecule has 1 unspecified atom stereocenters. The van der Waals surface area contributed by atoms with Gasteiger partial charge in [-0.05, 0) is 48.0 Å². The first-order valence-electron chi connectivity index (χ1n) is 18.4. The maximum atomic E-state index is 6.81. The van der Waals surface area contributed by atoms with Crippen LogP contribution < -0.4 is 10.2 Å². The molecule has 260 valence electrons. The molecule has 0 radical (unpaired) electrons. The largest absolute Gasteiger partial charge is 0.456 e. The minimum absolute atomic E-state index is 0.324. The Morgan fingerprint density at radius 1 is 0.491 bits per heavy atom. The minimum Gasteiger partial charge on any atom is -0.456 e. The van der Waals surface area contributed by atoms with E-state index in [4.69, 9.17) is 18.8 Å². The molecule has 1 atom stereocenters. The van der Waals surface area contributed by atoms with E-state index in [1.807, 2.05) is 66.7 Å². The van der Waals surface area contributed by atoms with Crippen molar-refractivity contribution < 1.29 is 8.83 Å². The van der Waals surface area contributed by atoms with Crippen LogP contribution in [-0.2, 0) is 0 Å². The van der Waals surface area contributed by atoms with E-state index in [0.717, 1.165) is 94.2 Å². The van der Waals surface area contributed by atoms with Crippen molar-refractivity contribution in [2.24, 2.45) is 9.98 Å². The summed E-state index contributed by atoms with van der Waals surface area (Å²) in [6, 6.07) is 62.6. The Labute approximate surface area is 316 Å². The highest BCUT2D eigenvalue weighted by atomic mass is 16.3. The molecule has 8 aromatic carbocycles. The molecule has 2 aromatic heterocycles. The van der Waals surface area contributed by atoms with Gasteiger partial charge in [0.2, 0.25) is 0 Å². The zero-order valence-corrected chi connectivity index (χ0v) is 29.6. The molecule has 6 nitrogen and oxygen atoms in total. The molecular formula is C49H32N4O2. The number of fused-ring (bicyclic) bond motifs is 8. The van der Waals surface area contributed by atoms with Crippen LogP contribution in [0.5, 0.6) is 0 Å². The lowest BCUT2D eigenvalue weighted by Crippen LogP contribution is -2.33. The van der Waals surface area contributed by atoms with Gasteiger partial charge in [0.15, 0.2) is 5.84 Å². The Balaban J connectivity index is 1.17. The van der Waals surface area contributed by atoms with Gasteiger partial charge in [0.05, 0.1) is 5.69 Å². The Morgan fingerprint density at radius 3 is 1.98 bits per heavy atom. The summed E-state index contributed by atoms with van der Waals surface area (Å²) in [5, 5.41) is 9.83. The zero-order valence-electron chi connectivity index (χ0n) is 29.6. The topological polar surface area (TPSA) is 66.3 Å². The predicted molar refractivity (Wildman–Crippen MR) is 225 cm³/mol. The summed E-state index contributed by atoms with van der Waals surface area (Å²) in [5.74, 6) is 1.41.